The van der Waals surface area contributed by atoms with Gasteiger partial charge < -0.3 is 9.64 Å². The zero-order chi connectivity index (χ0) is 16.1. The fourth-order valence-corrected chi connectivity index (χ4v) is 2.64. The molecule has 0 heterocycles. The molecule has 2 rings (SSSR count). The number of methoxy groups -OCH3 is 1. The van der Waals surface area contributed by atoms with E-state index in [4.69, 9.17) is 4.74 Å². The molecule has 0 N–H and O–H groups in total. The summed E-state index contributed by atoms with van der Waals surface area (Å²) in [5, 5.41) is 0. The smallest absolute Gasteiger partial charge is 0.254 e. The van der Waals surface area contributed by atoms with Gasteiger partial charge in [-0.1, -0.05) is 30.3 Å². The lowest BCUT2D eigenvalue weighted by Gasteiger charge is -2.29. The van der Waals surface area contributed by atoms with Gasteiger partial charge in [-0.2, -0.15) is 0 Å². The van der Waals surface area contributed by atoms with Gasteiger partial charge in [0, 0.05) is 12.1 Å². The Kier molecular flexibility index (Phi) is 5.21. The van der Waals surface area contributed by atoms with E-state index in [9.17, 15) is 4.79 Å². The second kappa shape index (κ2) is 7.12. The van der Waals surface area contributed by atoms with Gasteiger partial charge >= 0.3 is 0 Å². The minimum atomic E-state index is -0.00722. The maximum absolute atomic E-state index is 12.9. The first-order chi connectivity index (χ1) is 10.6. The summed E-state index contributed by atoms with van der Waals surface area (Å²) in [5.41, 5.74) is 2.84. The van der Waals surface area contributed by atoms with E-state index in [0.717, 1.165) is 22.4 Å². The minimum Gasteiger partial charge on any atom is -0.497 e. The average molecular weight is 297 g/mol. The van der Waals surface area contributed by atoms with Crippen LogP contribution in [-0.2, 0) is 0 Å². The van der Waals surface area contributed by atoms with Crippen molar-refractivity contribution in [1.29, 1.82) is 0 Å². The summed E-state index contributed by atoms with van der Waals surface area (Å²) in [4.78, 5) is 14.7. The van der Waals surface area contributed by atoms with E-state index in [0.29, 0.717) is 6.54 Å². The molecule has 0 radical (unpaired) electrons. The van der Waals surface area contributed by atoms with Gasteiger partial charge in [0.05, 0.1) is 13.2 Å². The van der Waals surface area contributed by atoms with Gasteiger partial charge in [0.1, 0.15) is 5.75 Å². The van der Waals surface area contributed by atoms with Crippen molar-refractivity contribution in [3.05, 3.63) is 65.2 Å². The van der Waals surface area contributed by atoms with E-state index in [1.54, 1.807) is 7.11 Å². The first kappa shape index (κ1) is 16.1. The molecule has 0 saturated heterocycles. The molecule has 2 aromatic carbocycles. The fraction of sp³-hybridized carbons (Fsp3) is 0.316. The van der Waals surface area contributed by atoms with Crippen molar-refractivity contribution in [2.75, 3.05) is 13.7 Å². The molecule has 1 atom stereocenters. The number of aryl methyl sites for hydroxylation is 1. The van der Waals surface area contributed by atoms with E-state index in [-0.39, 0.29) is 11.9 Å². The van der Waals surface area contributed by atoms with Gasteiger partial charge in [-0.15, -0.1) is 0 Å². The third-order valence-electron chi connectivity index (χ3n) is 4.02. The predicted molar refractivity (Wildman–Crippen MR) is 89.3 cm³/mol. The van der Waals surface area contributed by atoms with E-state index < -0.39 is 0 Å². The maximum atomic E-state index is 12.9. The molecule has 0 aliphatic rings. The molecule has 0 fully saturated rings. The number of nitrogens with zero attached hydrogens (tertiary/aromatic N) is 1. The van der Waals surface area contributed by atoms with Crippen LogP contribution in [-0.4, -0.2) is 24.5 Å². The number of ether oxygens (including phenoxy) is 1. The van der Waals surface area contributed by atoms with E-state index in [2.05, 4.69) is 6.92 Å². The molecule has 116 valence electrons. The SMILES string of the molecule is CCN(C(=O)c1ccccc1C)C(C)c1cccc(OC)c1. The first-order valence-electron chi connectivity index (χ1n) is 7.59. The predicted octanol–water partition coefficient (Wildman–Crippen LogP) is 4.23. The molecule has 0 aliphatic heterocycles. The standard InChI is InChI=1S/C19H23NO2/c1-5-20(19(21)18-12-7-6-9-14(18)2)15(3)16-10-8-11-17(13-16)22-4/h6-13,15H,5H2,1-4H3. The van der Waals surface area contributed by atoms with Crippen LogP contribution in [0, 0.1) is 6.92 Å². The van der Waals surface area contributed by atoms with Crippen molar-refractivity contribution in [2.45, 2.75) is 26.8 Å². The number of carbonyl (C=O) groups is 1. The lowest BCUT2D eigenvalue weighted by atomic mass is 10.0. The van der Waals surface area contributed by atoms with Crippen LogP contribution in [0.25, 0.3) is 0 Å². The number of carbonyl (C=O) groups excluding carboxylic acids is 1. The minimum absolute atomic E-state index is 0.00722. The van der Waals surface area contributed by atoms with Crippen LogP contribution in [0.2, 0.25) is 0 Å². The molecule has 2 aromatic rings. The van der Waals surface area contributed by atoms with Crippen molar-refractivity contribution < 1.29 is 9.53 Å². The van der Waals surface area contributed by atoms with Gasteiger partial charge in [-0.05, 0) is 50.1 Å². The largest absolute Gasteiger partial charge is 0.497 e. The van der Waals surface area contributed by atoms with Gasteiger partial charge in [0.2, 0.25) is 0 Å². The van der Waals surface area contributed by atoms with Gasteiger partial charge in [-0.25, -0.2) is 0 Å². The molecular formula is C19H23NO2. The van der Waals surface area contributed by atoms with Gasteiger partial charge in [-0.3, -0.25) is 4.79 Å². The summed E-state index contributed by atoms with van der Waals surface area (Å²) in [6.07, 6.45) is 0. The quantitative estimate of drug-likeness (QED) is 0.826. The molecule has 0 aromatic heterocycles. The van der Waals surface area contributed by atoms with Crippen LogP contribution in [0.4, 0.5) is 0 Å². The third-order valence-corrected chi connectivity index (χ3v) is 4.02. The van der Waals surface area contributed by atoms with Gasteiger partial charge in [0.15, 0.2) is 0 Å². The molecule has 0 spiro atoms. The van der Waals surface area contributed by atoms with Crippen LogP contribution < -0.4 is 4.74 Å². The average Bonchev–Trinajstić information content (AvgIpc) is 2.55. The lowest BCUT2D eigenvalue weighted by molar-refractivity contribution is 0.0701. The summed E-state index contributed by atoms with van der Waals surface area (Å²) in [6, 6.07) is 15.6. The summed E-state index contributed by atoms with van der Waals surface area (Å²) >= 11 is 0. The summed E-state index contributed by atoms with van der Waals surface area (Å²) in [7, 11) is 1.65. The lowest BCUT2D eigenvalue weighted by Crippen LogP contribution is -2.33. The Bertz CT molecular complexity index is 651. The Balaban J connectivity index is 2.30. The van der Waals surface area contributed by atoms with Crippen molar-refractivity contribution in [1.82, 2.24) is 4.90 Å². The maximum Gasteiger partial charge on any atom is 0.254 e. The molecule has 22 heavy (non-hydrogen) atoms. The van der Waals surface area contributed by atoms with Crippen LogP contribution in [0.3, 0.4) is 0 Å². The van der Waals surface area contributed by atoms with Crippen LogP contribution >= 0.6 is 0 Å². The molecule has 0 saturated carbocycles. The Morgan fingerprint density at radius 3 is 2.55 bits per heavy atom. The van der Waals surface area contributed by atoms with E-state index in [1.807, 2.05) is 67.3 Å². The Hall–Kier alpha value is -2.29. The topological polar surface area (TPSA) is 29.5 Å². The normalized spacial score (nSPS) is 11.8. The highest BCUT2D eigenvalue weighted by atomic mass is 16.5. The van der Waals surface area contributed by atoms with Crippen LogP contribution in [0.5, 0.6) is 5.75 Å². The molecule has 0 bridgehead atoms. The van der Waals surface area contributed by atoms with E-state index in [1.165, 1.54) is 0 Å². The zero-order valence-corrected chi connectivity index (χ0v) is 13.7. The summed E-state index contributed by atoms with van der Waals surface area (Å²) in [6.45, 7) is 6.68. The van der Waals surface area contributed by atoms with Gasteiger partial charge in [0.25, 0.3) is 5.91 Å². The number of hydrogen-bond donors (Lipinski definition) is 0. The highest BCUT2D eigenvalue weighted by Gasteiger charge is 2.22. The highest BCUT2D eigenvalue weighted by molar-refractivity contribution is 5.95. The number of amides is 1. The molecule has 1 amide bonds. The van der Waals surface area contributed by atoms with Crippen LogP contribution in [0.1, 0.15) is 41.4 Å². The summed E-state index contributed by atoms with van der Waals surface area (Å²) in [5.74, 6) is 0.875. The molecular weight excluding hydrogens is 274 g/mol. The zero-order valence-electron chi connectivity index (χ0n) is 13.7. The number of rotatable bonds is 5. The van der Waals surface area contributed by atoms with Crippen molar-refractivity contribution in [3.63, 3.8) is 0 Å². The molecule has 3 heteroatoms. The fourth-order valence-electron chi connectivity index (χ4n) is 2.64. The molecule has 1 unspecified atom stereocenters. The Morgan fingerprint density at radius 2 is 1.91 bits per heavy atom. The Morgan fingerprint density at radius 1 is 1.18 bits per heavy atom. The third kappa shape index (κ3) is 3.30. The van der Waals surface area contributed by atoms with Crippen molar-refractivity contribution in [3.8, 4) is 5.75 Å². The number of hydrogen-bond acceptors (Lipinski definition) is 2. The second-order valence-corrected chi connectivity index (χ2v) is 5.36. The Labute approximate surface area is 132 Å². The highest BCUT2D eigenvalue weighted by Crippen LogP contribution is 2.25. The first-order valence-corrected chi connectivity index (χ1v) is 7.59. The molecule has 3 nitrogen and oxygen atoms in total. The molecule has 0 aliphatic carbocycles. The number of benzene rings is 2. The van der Waals surface area contributed by atoms with Crippen LogP contribution in [0.15, 0.2) is 48.5 Å². The second-order valence-electron chi connectivity index (χ2n) is 5.36. The summed E-state index contributed by atoms with van der Waals surface area (Å²) < 4.78 is 5.28. The monoisotopic (exact) mass is 297 g/mol. The van der Waals surface area contributed by atoms with E-state index >= 15 is 0 Å². The van der Waals surface area contributed by atoms with Crippen molar-refractivity contribution in [2.24, 2.45) is 0 Å². The van der Waals surface area contributed by atoms with Crippen molar-refractivity contribution >= 4 is 5.91 Å².